The number of pyridine rings is 4. The van der Waals surface area contributed by atoms with Crippen LogP contribution in [0.1, 0.15) is 63.7 Å². The van der Waals surface area contributed by atoms with Gasteiger partial charge < -0.3 is 27.8 Å². The fourth-order valence-corrected chi connectivity index (χ4v) is 7.05. The Bertz CT molecular complexity index is 3400. The molecule has 10 rings (SSSR count). The third-order valence-corrected chi connectivity index (χ3v) is 10.7. The maximum atomic E-state index is 12.6. The van der Waals surface area contributed by atoms with Gasteiger partial charge in [0.25, 0.3) is 23.6 Å². The Balaban J connectivity index is 0.000000232. The summed E-state index contributed by atoms with van der Waals surface area (Å²) in [5, 5.41) is 16.7. The van der Waals surface area contributed by atoms with Crippen LogP contribution < -0.4 is 56.2 Å². The molecule has 0 atom stereocenters. The van der Waals surface area contributed by atoms with E-state index in [1.807, 2.05) is 52.0 Å². The minimum atomic E-state index is -4.94. The first-order valence-corrected chi connectivity index (χ1v) is 26.3. The number of halogens is 2. The monoisotopic (exact) mass is 1250 g/mol. The number of hydrogen-bond acceptors (Lipinski definition) is 26. The molecule has 6 aromatic heterocycles. The third kappa shape index (κ3) is 19.8. The quantitative estimate of drug-likeness (QED) is 0.0934. The van der Waals surface area contributed by atoms with E-state index in [-0.39, 0.29) is 63.6 Å². The van der Waals surface area contributed by atoms with Crippen LogP contribution in [0.4, 0.5) is 0 Å². The van der Waals surface area contributed by atoms with E-state index in [9.17, 15) is 19.2 Å². The molecule has 4 aromatic carbocycles. The maximum Gasteiger partial charge on any atom is 2.00 e. The van der Waals surface area contributed by atoms with Crippen molar-refractivity contribution in [3.05, 3.63) is 215 Å². The summed E-state index contributed by atoms with van der Waals surface area (Å²) in [6.45, 7) is 7.57. The van der Waals surface area contributed by atoms with Crippen LogP contribution in [0, 0.1) is 48.2 Å². The second-order valence-electron chi connectivity index (χ2n) is 17.1. The van der Waals surface area contributed by atoms with Crippen LogP contribution in [0.25, 0.3) is 45.8 Å². The Kier molecular flexibility index (Phi) is 22.5. The Hall–Kier alpha value is -9.58. The number of carbonyl (C=O) groups is 4. The summed E-state index contributed by atoms with van der Waals surface area (Å²) in [5.74, 6) is -0.715. The van der Waals surface area contributed by atoms with Gasteiger partial charge in [0.05, 0.1) is 44.5 Å². The van der Waals surface area contributed by atoms with Crippen LogP contribution in [0.2, 0.25) is 0 Å². The maximum absolute atomic E-state index is 12.6. The van der Waals surface area contributed by atoms with E-state index in [1.165, 1.54) is 24.8 Å². The van der Waals surface area contributed by atoms with Crippen molar-refractivity contribution in [3.8, 4) is 68.8 Å². The molecular weight excluding hydrogens is 1210 g/mol. The first kappa shape index (κ1) is 64.6. The summed E-state index contributed by atoms with van der Waals surface area (Å²) in [4.78, 5) is 66.3. The molecule has 10 aromatic rings. The third-order valence-electron chi connectivity index (χ3n) is 10.7. The summed E-state index contributed by atoms with van der Waals surface area (Å²) >= 11 is 0. The first-order chi connectivity index (χ1) is 39.9. The Morgan fingerprint density at radius 2 is 0.553 bits per heavy atom. The summed E-state index contributed by atoms with van der Waals surface area (Å²) in [7, 11) is -9.89. The molecule has 6 heterocycles. The Morgan fingerprint density at radius 1 is 0.353 bits per heavy atom. The average Bonchev–Trinajstić information content (AvgIpc) is 3.23. The van der Waals surface area contributed by atoms with Gasteiger partial charge in [-0.05, 0) is 125 Å². The van der Waals surface area contributed by atoms with Crippen LogP contribution in [0.15, 0.2) is 180 Å². The number of rotatable bonds is 12. The van der Waals surface area contributed by atoms with E-state index in [1.54, 1.807) is 122 Å². The molecule has 0 aliphatic carbocycles. The molecule has 85 heavy (non-hydrogen) atoms. The van der Waals surface area contributed by atoms with E-state index in [4.69, 9.17) is 65.1 Å². The van der Waals surface area contributed by atoms with Gasteiger partial charge >= 0.3 is 40.9 Å². The van der Waals surface area contributed by atoms with Gasteiger partial charge in [0.15, 0.2) is 0 Å². The Morgan fingerprint density at radius 3 is 0.729 bits per heavy atom. The predicted octanol–water partition coefficient (Wildman–Crippen LogP) is 0.983. The number of nitrogens with zero attached hydrogens (tertiary/aromatic N) is 8. The summed E-state index contributed by atoms with van der Waals surface area (Å²) < 4.78 is 102. The van der Waals surface area contributed by atoms with Crippen LogP contribution in [-0.2, 0) is 17.1 Å². The summed E-state index contributed by atoms with van der Waals surface area (Å²) in [5.41, 5.74) is 6.59. The Labute approximate surface area is 495 Å². The molecular formula is C56H40Cl2CuN8O18. The number of ether oxygens (including phenoxy) is 4. The normalized spacial score (nSPS) is 10.7. The minimum Gasteiger partial charge on any atom is -0.422 e. The minimum absolute atomic E-state index is 0. The van der Waals surface area contributed by atoms with Crippen LogP contribution >= 0.6 is 0 Å². The van der Waals surface area contributed by atoms with E-state index in [0.717, 1.165) is 22.3 Å². The largest absolute Gasteiger partial charge is 2.00 e. The van der Waals surface area contributed by atoms with E-state index < -0.39 is 44.4 Å². The van der Waals surface area contributed by atoms with Crippen molar-refractivity contribution in [3.63, 3.8) is 0 Å². The molecule has 0 saturated heterocycles. The van der Waals surface area contributed by atoms with Gasteiger partial charge in [-0.2, -0.15) is 0 Å². The molecule has 0 bridgehead atoms. The number of hydrogen-bond donors (Lipinski definition) is 0. The molecule has 26 nitrogen and oxygen atoms in total. The van der Waals surface area contributed by atoms with E-state index in [0.29, 0.717) is 44.5 Å². The number of aromatic nitrogens is 8. The van der Waals surface area contributed by atoms with Gasteiger partial charge in [-0.15, -0.1) is 40.9 Å². The zero-order valence-electron chi connectivity index (χ0n) is 44.1. The van der Waals surface area contributed by atoms with Crippen molar-refractivity contribution in [1.29, 1.82) is 0 Å². The number of esters is 4. The van der Waals surface area contributed by atoms with Crippen molar-refractivity contribution in [2.75, 3.05) is 0 Å². The van der Waals surface area contributed by atoms with Gasteiger partial charge in [0.2, 0.25) is 0 Å². The zero-order chi connectivity index (χ0) is 60.6. The van der Waals surface area contributed by atoms with Gasteiger partial charge in [-0.1, -0.05) is 46.5 Å². The fourth-order valence-electron chi connectivity index (χ4n) is 7.05. The fraction of sp³-hybridized carbons (Fsp3) is 0.0714. The molecule has 437 valence electrons. The predicted molar refractivity (Wildman–Crippen MR) is 266 cm³/mol. The number of benzene rings is 4. The molecule has 1 radical (unpaired) electrons. The second kappa shape index (κ2) is 29.6. The molecule has 0 aliphatic heterocycles. The van der Waals surface area contributed by atoms with Crippen molar-refractivity contribution < 1.29 is 122 Å². The molecule has 0 spiro atoms. The van der Waals surface area contributed by atoms with Crippen molar-refractivity contribution >= 4 is 23.9 Å². The molecule has 0 aliphatic rings. The van der Waals surface area contributed by atoms with E-state index >= 15 is 0 Å². The van der Waals surface area contributed by atoms with Crippen LogP contribution in [0.3, 0.4) is 0 Å². The van der Waals surface area contributed by atoms with Gasteiger partial charge in [-0.3, -0.25) is 19.9 Å². The van der Waals surface area contributed by atoms with Gasteiger partial charge in [0.1, 0.15) is 23.0 Å². The number of aryl methyl sites for hydroxylation is 4. The zero-order valence-corrected chi connectivity index (χ0v) is 46.6. The average molecular weight is 1250 g/mol. The van der Waals surface area contributed by atoms with E-state index in [2.05, 4.69) is 40.3 Å². The van der Waals surface area contributed by atoms with Crippen molar-refractivity contribution in [2.24, 2.45) is 0 Å². The van der Waals surface area contributed by atoms with Gasteiger partial charge in [0, 0.05) is 49.6 Å². The summed E-state index contributed by atoms with van der Waals surface area (Å²) in [6, 6.07) is 34.1. The molecule has 29 heteroatoms. The number of carbonyl (C=O) groups excluding carboxylic acids is 4. The first-order valence-electron chi connectivity index (χ1n) is 23.8. The van der Waals surface area contributed by atoms with Gasteiger partial charge in [-0.25, -0.2) is 56.5 Å². The second-order valence-corrected chi connectivity index (χ2v) is 18.6. The smallest absolute Gasteiger partial charge is 0.422 e. The van der Waals surface area contributed by atoms with Crippen molar-refractivity contribution in [2.45, 2.75) is 27.7 Å². The van der Waals surface area contributed by atoms with Crippen LogP contribution in [0.5, 0.6) is 23.0 Å². The molecule has 0 fully saturated rings. The molecule has 0 unspecified atom stereocenters. The SMILES string of the molecule is Cc1ccc(OC(=O)c2cccnc2)c(-c2nnc(-c3cc(C)ccc3OC(=O)c3cccnc3)o2)c1.Cc1ccc(OC(=O)c2cccnc2)c(-c2nnc(-c3cc(C)ccc3OC(=O)c3cccnc3)o2)c1.[Cu+2].[O-][Cl+3]([O-])([O-])[O-].[O-][Cl+3]([O-])([O-])[O-]. The molecule has 0 N–H and O–H groups in total. The summed E-state index contributed by atoms with van der Waals surface area (Å²) in [6.07, 6.45) is 12.0. The molecule has 0 amide bonds. The molecule has 0 saturated carbocycles. The standard InChI is InChI=1S/2C28H20N4O5.2ClHO4.Cu/c2*1-17-7-9-23(35-27(33)19-5-3-11-29-15-19)21(13-17)25-31-32-26(37-25)22-14-18(2)8-10-24(22)36-28(34)20-6-4-12-30-16-20;2*2-1(3,4)5;/h2*3-16H,1-2H3;2*(H,2,3,4,5);/q;;;;+2/p-2. The topological polar surface area (TPSA) is 419 Å². The van der Waals surface area contributed by atoms with Crippen LogP contribution in [-0.4, -0.2) is 64.2 Å². The van der Waals surface area contributed by atoms with Crippen molar-refractivity contribution in [1.82, 2.24) is 40.3 Å².